The van der Waals surface area contributed by atoms with Crippen molar-refractivity contribution in [2.75, 3.05) is 13.2 Å². The van der Waals surface area contributed by atoms with Crippen LogP contribution >= 0.6 is 0 Å². The first-order chi connectivity index (χ1) is 11.1. The van der Waals surface area contributed by atoms with Crippen LogP contribution < -0.4 is 0 Å². The maximum atomic E-state index is 11.8. The molecule has 0 aliphatic heterocycles. The van der Waals surface area contributed by atoms with E-state index < -0.39 is 12.1 Å². The molecule has 0 bridgehead atoms. The van der Waals surface area contributed by atoms with E-state index in [2.05, 4.69) is 13.5 Å². The second-order valence-electron chi connectivity index (χ2n) is 6.22. The highest BCUT2D eigenvalue weighted by Gasteiger charge is 2.17. The summed E-state index contributed by atoms with van der Waals surface area (Å²) in [6, 6.07) is 0. The SMILES string of the molecule is C=C(C(=O)OCCCCCCCC)C(O)CCCCCCCO. The largest absolute Gasteiger partial charge is 0.462 e. The third-order valence-electron chi connectivity index (χ3n) is 4.03. The van der Waals surface area contributed by atoms with Gasteiger partial charge in [0.25, 0.3) is 0 Å². The summed E-state index contributed by atoms with van der Waals surface area (Å²) in [5, 5.41) is 18.6. The number of carbonyl (C=O) groups is 1. The number of ether oxygens (including phenoxy) is 1. The molecule has 0 amide bonds. The second-order valence-corrected chi connectivity index (χ2v) is 6.22. The van der Waals surface area contributed by atoms with Crippen molar-refractivity contribution in [2.24, 2.45) is 0 Å². The van der Waals surface area contributed by atoms with Crippen LogP contribution in [0, 0.1) is 0 Å². The molecule has 136 valence electrons. The number of carbonyl (C=O) groups excluding carboxylic acids is 1. The number of hydrogen-bond donors (Lipinski definition) is 2. The molecule has 0 rings (SSSR count). The molecule has 0 aromatic heterocycles. The summed E-state index contributed by atoms with van der Waals surface area (Å²) in [6.45, 7) is 6.51. The molecule has 0 fully saturated rings. The van der Waals surface area contributed by atoms with Gasteiger partial charge in [-0.15, -0.1) is 0 Å². The summed E-state index contributed by atoms with van der Waals surface area (Å²) in [6.07, 6.45) is 11.4. The van der Waals surface area contributed by atoms with Gasteiger partial charge in [0.15, 0.2) is 0 Å². The molecule has 0 radical (unpaired) electrons. The van der Waals surface area contributed by atoms with Gasteiger partial charge in [-0.05, 0) is 19.3 Å². The van der Waals surface area contributed by atoms with Crippen LogP contribution in [0.3, 0.4) is 0 Å². The van der Waals surface area contributed by atoms with E-state index >= 15 is 0 Å². The molecule has 0 aromatic rings. The van der Waals surface area contributed by atoms with Crippen LogP contribution in [0.4, 0.5) is 0 Å². The van der Waals surface area contributed by atoms with E-state index in [0.717, 1.165) is 44.9 Å². The maximum absolute atomic E-state index is 11.8. The molecule has 4 heteroatoms. The summed E-state index contributed by atoms with van der Waals surface area (Å²) >= 11 is 0. The smallest absolute Gasteiger partial charge is 0.336 e. The van der Waals surface area contributed by atoms with Crippen LogP contribution in [-0.4, -0.2) is 35.5 Å². The predicted octanol–water partition coefficient (Wildman–Crippen LogP) is 4.14. The van der Waals surface area contributed by atoms with E-state index in [1.54, 1.807) is 0 Å². The molecular weight excluding hydrogens is 292 g/mol. The van der Waals surface area contributed by atoms with Crippen molar-refractivity contribution < 1.29 is 19.7 Å². The highest BCUT2D eigenvalue weighted by Crippen LogP contribution is 2.13. The molecule has 2 N–H and O–H groups in total. The molecule has 0 saturated heterocycles. The first-order valence-electron chi connectivity index (χ1n) is 9.28. The van der Waals surface area contributed by atoms with Crippen molar-refractivity contribution in [1.82, 2.24) is 0 Å². The van der Waals surface area contributed by atoms with Gasteiger partial charge in [0.1, 0.15) is 0 Å². The van der Waals surface area contributed by atoms with Crippen LogP contribution in [-0.2, 0) is 9.53 Å². The van der Waals surface area contributed by atoms with Gasteiger partial charge < -0.3 is 14.9 Å². The molecular formula is C19H36O4. The third-order valence-corrected chi connectivity index (χ3v) is 4.03. The quantitative estimate of drug-likeness (QED) is 0.254. The Kier molecular flexibility index (Phi) is 15.4. The molecule has 23 heavy (non-hydrogen) atoms. The average molecular weight is 328 g/mol. The Morgan fingerprint density at radius 1 is 0.957 bits per heavy atom. The minimum absolute atomic E-state index is 0.173. The lowest BCUT2D eigenvalue weighted by Crippen LogP contribution is -2.19. The lowest BCUT2D eigenvalue weighted by molar-refractivity contribution is -0.140. The average Bonchev–Trinajstić information content (AvgIpc) is 2.56. The first kappa shape index (κ1) is 22.1. The fourth-order valence-electron chi connectivity index (χ4n) is 2.43. The highest BCUT2D eigenvalue weighted by atomic mass is 16.5. The van der Waals surface area contributed by atoms with Gasteiger partial charge in [-0.25, -0.2) is 4.79 Å². The molecule has 0 aliphatic rings. The Morgan fingerprint density at radius 3 is 2.17 bits per heavy atom. The number of aliphatic hydroxyl groups excluding tert-OH is 2. The van der Waals surface area contributed by atoms with Gasteiger partial charge in [0.2, 0.25) is 0 Å². The summed E-state index contributed by atoms with van der Waals surface area (Å²) in [5.41, 5.74) is 0.173. The molecule has 0 saturated carbocycles. The van der Waals surface area contributed by atoms with Crippen molar-refractivity contribution in [3.05, 3.63) is 12.2 Å². The van der Waals surface area contributed by atoms with E-state index in [0.29, 0.717) is 13.0 Å². The van der Waals surface area contributed by atoms with E-state index in [-0.39, 0.29) is 12.2 Å². The number of rotatable bonds is 16. The van der Waals surface area contributed by atoms with Crippen molar-refractivity contribution in [2.45, 2.75) is 90.1 Å². The third kappa shape index (κ3) is 13.3. The molecule has 0 spiro atoms. The Balaban J connectivity index is 3.60. The summed E-state index contributed by atoms with van der Waals surface area (Å²) < 4.78 is 5.16. The Hall–Kier alpha value is -0.870. The number of hydrogen-bond acceptors (Lipinski definition) is 4. The first-order valence-corrected chi connectivity index (χ1v) is 9.28. The van der Waals surface area contributed by atoms with Gasteiger partial charge in [-0.2, -0.15) is 0 Å². The Morgan fingerprint density at radius 2 is 1.52 bits per heavy atom. The lowest BCUT2D eigenvalue weighted by atomic mass is 10.0. The van der Waals surface area contributed by atoms with Crippen molar-refractivity contribution in [3.63, 3.8) is 0 Å². The highest BCUT2D eigenvalue weighted by molar-refractivity contribution is 5.88. The number of unbranched alkanes of at least 4 members (excludes halogenated alkanes) is 9. The minimum atomic E-state index is -0.801. The zero-order valence-electron chi connectivity index (χ0n) is 14.9. The monoisotopic (exact) mass is 328 g/mol. The van der Waals surface area contributed by atoms with Crippen LogP contribution in [0.15, 0.2) is 12.2 Å². The summed E-state index contributed by atoms with van der Waals surface area (Å²) in [4.78, 5) is 11.8. The molecule has 0 heterocycles. The standard InChI is InChI=1S/C19H36O4/c1-3-4-5-6-10-13-16-23-19(22)17(2)18(21)14-11-8-7-9-12-15-20/h18,20-21H,2-16H2,1H3. The molecule has 0 aromatic carbocycles. The zero-order valence-corrected chi connectivity index (χ0v) is 14.9. The van der Waals surface area contributed by atoms with Crippen LogP contribution in [0.5, 0.6) is 0 Å². The van der Waals surface area contributed by atoms with Gasteiger partial charge in [0, 0.05) is 6.61 Å². The minimum Gasteiger partial charge on any atom is -0.462 e. The normalized spacial score (nSPS) is 12.1. The Bertz CT molecular complexity index is 302. The van der Waals surface area contributed by atoms with E-state index in [1.165, 1.54) is 25.7 Å². The molecule has 4 nitrogen and oxygen atoms in total. The predicted molar refractivity (Wildman–Crippen MR) is 94.3 cm³/mol. The summed E-state index contributed by atoms with van der Waals surface area (Å²) in [7, 11) is 0. The number of aliphatic hydroxyl groups is 2. The van der Waals surface area contributed by atoms with Gasteiger partial charge >= 0.3 is 5.97 Å². The second kappa shape index (κ2) is 16.0. The van der Waals surface area contributed by atoms with Crippen LogP contribution in [0.25, 0.3) is 0 Å². The van der Waals surface area contributed by atoms with Crippen molar-refractivity contribution in [1.29, 1.82) is 0 Å². The van der Waals surface area contributed by atoms with Crippen LogP contribution in [0.1, 0.15) is 84.0 Å². The lowest BCUT2D eigenvalue weighted by Gasteiger charge is -2.13. The molecule has 1 atom stereocenters. The van der Waals surface area contributed by atoms with Crippen LogP contribution in [0.2, 0.25) is 0 Å². The fourth-order valence-corrected chi connectivity index (χ4v) is 2.43. The maximum Gasteiger partial charge on any atom is 0.336 e. The molecule has 0 aliphatic carbocycles. The van der Waals surface area contributed by atoms with E-state index in [9.17, 15) is 9.90 Å². The van der Waals surface area contributed by atoms with Gasteiger partial charge in [-0.1, -0.05) is 71.3 Å². The fraction of sp³-hybridized carbons (Fsp3) is 0.842. The van der Waals surface area contributed by atoms with E-state index in [4.69, 9.17) is 9.84 Å². The van der Waals surface area contributed by atoms with Gasteiger partial charge in [0.05, 0.1) is 18.3 Å². The zero-order chi connectivity index (χ0) is 17.3. The Labute approximate surface area is 141 Å². The topological polar surface area (TPSA) is 66.8 Å². The number of esters is 1. The summed E-state index contributed by atoms with van der Waals surface area (Å²) in [5.74, 6) is -0.466. The van der Waals surface area contributed by atoms with Crippen molar-refractivity contribution >= 4 is 5.97 Å². The van der Waals surface area contributed by atoms with Gasteiger partial charge in [-0.3, -0.25) is 0 Å². The van der Waals surface area contributed by atoms with E-state index in [1.807, 2.05) is 0 Å². The van der Waals surface area contributed by atoms with Crippen molar-refractivity contribution in [3.8, 4) is 0 Å². The molecule has 1 unspecified atom stereocenters.